The van der Waals surface area contributed by atoms with Gasteiger partial charge < -0.3 is 0 Å². The summed E-state index contributed by atoms with van der Waals surface area (Å²) in [7, 11) is -0.697. The van der Waals surface area contributed by atoms with E-state index in [0.717, 1.165) is 25.8 Å². The van der Waals surface area contributed by atoms with Gasteiger partial charge >= 0.3 is 0 Å². The molecule has 0 aliphatic heterocycles. The van der Waals surface area contributed by atoms with Crippen molar-refractivity contribution in [2.45, 2.75) is 31.4 Å². The van der Waals surface area contributed by atoms with Crippen LogP contribution in [0.3, 0.4) is 0 Å². The molecular formula is C8H15NOS2. The largest absolute Gasteiger partial charge is 0.260 e. The number of rotatable bonds is 6. The van der Waals surface area contributed by atoms with Gasteiger partial charge in [-0.2, -0.15) is 0 Å². The van der Waals surface area contributed by atoms with E-state index in [9.17, 15) is 4.21 Å². The molecule has 2 unspecified atom stereocenters. The van der Waals surface area contributed by atoms with Crippen molar-refractivity contribution in [2.75, 3.05) is 12.8 Å². The van der Waals surface area contributed by atoms with Crippen LogP contribution >= 0.6 is 12.2 Å². The molecule has 0 saturated carbocycles. The molecule has 0 aliphatic rings. The quantitative estimate of drug-likeness (QED) is 0.377. The van der Waals surface area contributed by atoms with Crippen molar-refractivity contribution >= 4 is 28.2 Å². The Labute approximate surface area is 81.9 Å². The highest BCUT2D eigenvalue weighted by molar-refractivity contribution is 7.84. The number of hydrogen-bond acceptors (Lipinski definition) is 3. The van der Waals surface area contributed by atoms with Crippen LogP contribution in [0.15, 0.2) is 4.99 Å². The molecule has 0 fully saturated rings. The lowest BCUT2D eigenvalue weighted by molar-refractivity contribution is 0.639. The second-order valence-corrected chi connectivity index (χ2v) is 4.49. The second kappa shape index (κ2) is 7.59. The zero-order valence-corrected chi connectivity index (χ0v) is 9.21. The second-order valence-electron chi connectivity index (χ2n) is 2.64. The maximum atomic E-state index is 11.1. The summed E-state index contributed by atoms with van der Waals surface area (Å²) < 4.78 is 11.1. The Hall–Kier alpha value is -0.0500. The van der Waals surface area contributed by atoms with E-state index in [1.807, 2.05) is 0 Å². The molecule has 0 bridgehead atoms. The van der Waals surface area contributed by atoms with Crippen molar-refractivity contribution in [1.29, 1.82) is 0 Å². The zero-order chi connectivity index (χ0) is 9.40. The first-order valence-corrected chi connectivity index (χ1v) is 6.11. The van der Waals surface area contributed by atoms with Gasteiger partial charge in [0, 0.05) is 28.9 Å². The predicted molar refractivity (Wildman–Crippen MR) is 57.3 cm³/mol. The number of hydrogen-bond donors (Lipinski definition) is 0. The molecule has 70 valence electrons. The van der Waals surface area contributed by atoms with Crippen LogP contribution in [0.25, 0.3) is 0 Å². The molecule has 0 heterocycles. The summed E-state index contributed by atoms with van der Waals surface area (Å²) in [5.74, 6) is 0. The molecular weight excluding hydrogens is 190 g/mol. The van der Waals surface area contributed by atoms with E-state index in [1.165, 1.54) is 0 Å². The average Bonchev–Trinajstić information content (AvgIpc) is 2.04. The number of nitrogens with zero attached hydrogens (tertiary/aromatic N) is 1. The fourth-order valence-corrected chi connectivity index (χ4v) is 2.11. The van der Waals surface area contributed by atoms with Crippen molar-refractivity contribution in [1.82, 2.24) is 0 Å². The molecule has 2 atom stereocenters. The van der Waals surface area contributed by atoms with Crippen molar-refractivity contribution in [2.24, 2.45) is 4.99 Å². The highest BCUT2D eigenvalue weighted by Gasteiger charge is 2.08. The lowest BCUT2D eigenvalue weighted by Gasteiger charge is -2.09. The first kappa shape index (κ1) is 11.9. The average molecular weight is 205 g/mol. The summed E-state index contributed by atoms with van der Waals surface area (Å²) in [6.45, 7) is 2.78. The van der Waals surface area contributed by atoms with Gasteiger partial charge in [-0.05, 0) is 31.5 Å². The van der Waals surface area contributed by atoms with Gasteiger partial charge in [0.25, 0.3) is 0 Å². The standard InChI is InChI=1S/C8H15NOS2/c1-3-8(12(2)10)5-4-6-9-7-11/h8H,3-6H2,1-2H3. The summed E-state index contributed by atoms with van der Waals surface area (Å²) in [6.07, 6.45) is 4.67. The molecule has 2 nitrogen and oxygen atoms in total. The minimum absolute atomic E-state index is 0.324. The molecule has 0 rings (SSSR count). The number of aliphatic imine (C=N–C) groups is 1. The Bertz CT molecular complexity index is 187. The van der Waals surface area contributed by atoms with Gasteiger partial charge in [0.1, 0.15) is 0 Å². The summed E-state index contributed by atoms with van der Waals surface area (Å²) in [6, 6.07) is 0. The van der Waals surface area contributed by atoms with Crippen LogP contribution in [0, 0.1) is 0 Å². The lowest BCUT2D eigenvalue weighted by atomic mass is 10.2. The minimum Gasteiger partial charge on any atom is -0.260 e. The van der Waals surface area contributed by atoms with E-state index in [4.69, 9.17) is 0 Å². The van der Waals surface area contributed by atoms with E-state index >= 15 is 0 Å². The van der Waals surface area contributed by atoms with Crippen molar-refractivity contribution in [3.8, 4) is 0 Å². The highest BCUT2D eigenvalue weighted by Crippen LogP contribution is 2.07. The third-order valence-corrected chi connectivity index (χ3v) is 3.42. The van der Waals surface area contributed by atoms with Crippen LogP contribution < -0.4 is 0 Å². The van der Waals surface area contributed by atoms with E-state index in [0.29, 0.717) is 5.25 Å². The Morgan fingerprint density at radius 3 is 2.75 bits per heavy atom. The van der Waals surface area contributed by atoms with Crippen LogP contribution in [-0.2, 0) is 10.8 Å². The molecule has 0 saturated heterocycles. The third-order valence-electron chi connectivity index (χ3n) is 1.79. The maximum Gasteiger partial charge on any atom is 0.0584 e. The third kappa shape index (κ3) is 5.58. The molecule has 0 aromatic carbocycles. The van der Waals surface area contributed by atoms with Crippen LogP contribution in [0.5, 0.6) is 0 Å². The molecule has 12 heavy (non-hydrogen) atoms. The van der Waals surface area contributed by atoms with Gasteiger partial charge in [0.15, 0.2) is 0 Å². The van der Waals surface area contributed by atoms with Crippen LogP contribution in [0.1, 0.15) is 26.2 Å². The Morgan fingerprint density at radius 2 is 2.33 bits per heavy atom. The van der Waals surface area contributed by atoms with Crippen molar-refractivity contribution in [3.05, 3.63) is 0 Å². The zero-order valence-electron chi connectivity index (χ0n) is 7.58. The van der Waals surface area contributed by atoms with Gasteiger partial charge in [-0.15, -0.1) is 0 Å². The van der Waals surface area contributed by atoms with Crippen molar-refractivity contribution < 1.29 is 4.21 Å². The van der Waals surface area contributed by atoms with Crippen LogP contribution in [0.2, 0.25) is 0 Å². The summed E-state index contributed by atoms with van der Waals surface area (Å²) in [5, 5.41) is 2.65. The molecule has 0 N–H and O–H groups in total. The summed E-state index contributed by atoms with van der Waals surface area (Å²) in [5.41, 5.74) is 0. The van der Waals surface area contributed by atoms with E-state index < -0.39 is 10.8 Å². The number of isothiocyanates is 1. The fraction of sp³-hybridized carbons (Fsp3) is 0.875. The van der Waals surface area contributed by atoms with E-state index in [1.54, 1.807) is 6.26 Å². The van der Waals surface area contributed by atoms with Crippen molar-refractivity contribution in [3.63, 3.8) is 0 Å². The first-order valence-electron chi connectivity index (χ1n) is 4.08. The highest BCUT2D eigenvalue weighted by atomic mass is 32.2. The molecule has 0 aliphatic carbocycles. The Morgan fingerprint density at radius 1 is 1.67 bits per heavy atom. The summed E-state index contributed by atoms with van der Waals surface area (Å²) >= 11 is 4.43. The minimum atomic E-state index is -0.697. The summed E-state index contributed by atoms with van der Waals surface area (Å²) in [4.78, 5) is 3.80. The molecule has 0 amide bonds. The normalized spacial score (nSPS) is 14.8. The topological polar surface area (TPSA) is 29.4 Å². The van der Waals surface area contributed by atoms with Gasteiger partial charge in [0.05, 0.1) is 5.16 Å². The Balaban J connectivity index is 3.58. The first-order chi connectivity index (χ1) is 5.72. The monoisotopic (exact) mass is 205 g/mol. The van der Waals surface area contributed by atoms with Crippen LogP contribution in [0.4, 0.5) is 0 Å². The molecule has 4 heteroatoms. The van der Waals surface area contributed by atoms with Gasteiger partial charge in [-0.1, -0.05) is 6.92 Å². The Kier molecular flexibility index (Phi) is 7.56. The molecule has 0 aromatic heterocycles. The maximum absolute atomic E-state index is 11.1. The molecule has 0 aromatic rings. The lowest BCUT2D eigenvalue weighted by Crippen LogP contribution is -2.12. The number of thiocarbonyl (C=S) groups is 1. The smallest absolute Gasteiger partial charge is 0.0584 e. The van der Waals surface area contributed by atoms with Crippen LogP contribution in [-0.4, -0.2) is 27.4 Å². The van der Waals surface area contributed by atoms with Gasteiger partial charge in [-0.3, -0.25) is 4.21 Å². The predicted octanol–water partition coefficient (Wildman–Crippen LogP) is 2.03. The van der Waals surface area contributed by atoms with Gasteiger partial charge in [-0.25, -0.2) is 4.99 Å². The van der Waals surface area contributed by atoms with Gasteiger partial charge in [0.2, 0.25) is 0 Å². The fourth-order valence-electron chi connectivity index (χ4n) is 1.05. The molecule has 0 spiro atoms. The SMILES string of the molecule is CCC(CCCN=C=S)S(C)=O. The van der Waals surface area contributed by atoms with E-state index in [2.05, 4.69) is 29.3 Å². The van der Waals surface area contributed by atoms with E-state index in [-0.39, 0.29) is 0 Å². The molecule has 0 radical (unpaired) electrons.